The lowest BCUT2D eigenvalue weighted by molar-refractivity contribution is 0.323. The fraction of sp³-hybridized carbons (Fsp3) is 0.481. The van der Waals surface area contributed by atoms with Gasteiger partial charge in [0.25, 0.3) is 0 Å². The van der Waals surface area contributed by atoms with Gasteiger partial charge in [-0.1, -0.05) is 25.3 Å². The van der Waals surface area contributed by atoms with E-state index < -0.39 is 0 Å². The van der Waals surface area contributed by atoms with Crippen molar-refractivity contribution in [3.05, 3.63) is 44.0 Å². The van der Waals surface area contributed by atoms with Crippen LogP contribution in [-0.4, -0.2) is 39.6 Å². The summed E-state index contributed by atoms with van der Waals surface area (Å²) in [5, 5.41) is 7.62. The van der Waals surface area contributed by atoms with Gasteiger partial charge in [0.2, 0.25) is 11.2 Å². The quantitative estimate of drug-likeness (QED) is 0.449. The molecule has 2 N–H and O–H groups in total. The standard InChI is InChI=1S/C27H33BrN2O5S/c1-32-21-13-11-16-18(14-20(21)31)19(30-27(36)29-15-8-6-5-7-9-15)12-10-17-22(16)24(33-2)26(35-4)25(34-3)23(17)28/h11,13-15,19H,5-10,12H2,1-4H3,(H2,29,30,36)/t19-/m0/s1. The van der Waals surface area contributed by atoms with Crippen LogP contribution in [0.3, 0.4) is 0 Å². The Bertz CT molecular complexity index is 1200. The molecule has 0 bridgehead atoms. The molecule has 194 valence electrons. The maximum Gasteiger partial charge on any atom is 0.220 e. The van der Waals surface area contributed by atoms with E-state index in [2.05, 4.69) is 26.6 Å². The second kappa shape index (κ2) is 11.7. The molecule has 0 saturated heterocycles. The molecule has 36 heavy (non-hydrogen) atoms. The summed E-state index contributed by atoms with van der Waals surface area (Å²) in [5.74, 6) is 1.87. The molecule has 0 aromatic heterocycles. The summed E-state index contributed by atoms with van der Waals surface area (Å²) in [6, 6.07) is 5.44. The Hall–Kier alpha value is -2.52. The third-order valence-electron chi connectivity index (χ3n) is 7.05. The monoisotopic (exact) mass is 576 g/mol. The highest BCUT2D eigenvalue weighted by atomic mass is 79.9. The molecule has 2 aromatic rings. The van der Waals surface area contributed by atoms with Crippen LogP contribution >= 0.6 is 28.1 Å². The molecule has 1 atom stereocenters. The fourth-order valence-corrected chi connectivity index (χ4v) is 6.37. The Morgan fingerprint density at radius 1 is 0.917 bits per heavy atom. The molecule has 7 nitrogen and oxygen atoms in total. The van der Waals surface area contributed by atoms with Crippen molar-refractivity contribution in [1.82, 2.24) is 10.6 Å². The van der Waals surface area contributed by atoms with Crippen molar-refractivity contribution in [2.75, 3.05) is 28.4 Å². The molecular weight excluding hydrogens is 544 g/mol. The minimum Gasteiger partial charge on any atom is -0.493 e. The number of halogens is 1. The van der Waals surface area contributed by atoms with Crippen molar-refractivity contribution in [2.24, 2.45) is 0 Å². The summed E-state index contributed by atoms with van der Waals surface area (Å²) < 4.78 is 23.5. The van der Waals surface area contributed by atoms with Crippen LogP contribution in [0.2, 0.25) is 0 Å². The van der Waals surface area contributed by atoms with Crippen molar-refractivity contribution < 1.29 is 18.9 Å². The number of rotatable bonds is 6. The maximum absolute atomic E-state index is 13.1. The van der Waals surface area contributed by atoms with Crippen LogP contribution in [0.4, 0.5) is 0 Å². The second-order valence-electron chi connectivity index (χ2n) is 9.09. The molecule has 2 aromatic carbocycles. The molecule has 1 saturated carbocycles. The van der Waals surface area contributed by atoms with E-state index in [-0.39, 0.29) is 17.2 Å². The van der Waals surface area contributed by atoms with Gasteiger partial charge >= 0.3 is 0 Å². The van der Waals surface area contributed by atoms with Crippen LogP contribution in [-0.2, 0) is 6.42 Å². The van der Waals surface area contributed by atoms with Crippen molar-refractivity contribution in [3.63, 3.8) is 0 Å². The Morgan fingerprint density at radius 2 is 1.61 bits per heavy atom. The Balaban J connectivity index is 1.87. The van der Waals surface area contributed by atoms with Crippen molar-refractivity contribution in [2.45, 2.75) is 57.0 Å². The average Bonchev–Trinajstić information content (AvgIpc) is 3.13. The summed E-state index contributed by atoms with van der Waals surface area (Å²) in [7, 11) is 6.30. The van der Waals surface area contributed by atoms with Crippen LogP contribution in [0.1, 0.15) is 55.7 Å². The number of hydrogen-bond donors (Lipinski definition) is 2. The summed E-state index contributed by atoms with van der Waals surface area (Å²) in [4.78, 5) is 13.1. The molecule has 0 radical (unpaired) electrons. The molecule has 0 aliphatic heterocycles. The zero-order chi connectivity index (χ0) is 25.8. The zero-order valence-corrected chi connectivity index (χ0v) is 23.6. The number of ether oxygens (including phenoxy) is 4. The van der Waals surface area contributed by atoms with Gasteiger partial charge in [0.15, 0.2) is 22.4 Å². The average molecular weight is 578 g/mol. The van der Waals surface area contributed by atoms with E-state index in [4.69, 9.17) is 31.2 Å². The number of hydrogen-bond acceptors (Lipinski definition) is 6. The first-order valence-corrected chi connectivity index (χ1v) is 13.4. The van der Waals surface area contributed by atoms with Crippen molar-refractivity contribution in [1.29, 1.82) is 0 Å². The van der Waals surface area contributed by atoms with Gasteiger partial charge < -0.3 is 29.6 Å². The molecular formula is C27H33BrN2O5S. The highest BCUT2D eigenvalue weighted by Gasteiger charge is 2.32. The number of methoxy groups -OCH3 is 4. The Morgan fingerprint density at radius 3 is 2.25 bits per heavy atom. The van der Waals surface area contributed by atoms with Gasteiger partial charge in [-0.2, -0.15) is 0 Å². The molecule has 9 heteroatoms. The lowest BCUT2D eigenvalue weighted by Gasteiger charge is -2.27. The lowest BCUT2D eigenvalue weighted by Crippen LogP contribution is -2.44. The molecule has 0 amide bonds. The molecule has 0 heterocycles. The topological polar surface area (TPSA) is 78.0 Å². The van der Waals surface area contributed by atoms with Gasteiger partial charge in [0, 0.05) is 11.6 Å². The summed E-state index contributed by atoms with van der Waals surface area (Å²) >= 11 is 9.49. The highest BCUT2D eigenvalue weighted by Crippen LogP contribution is 2.54. The summed E-state index contributed by atoms with van der Waals surface area (Å²) in [6.45, 7) is 0. The summed E-state index contributed by atoms with van der Waals surface area (Å²) in [5.41, 5.74) is 3.34. The smallest absolute Gasteiger partial charge is 0.220 e. The van der Waals surface area contributed by atoms with Gasteiger partial charge in [-0.05, 0) is 82.7 Å². The van der Waals surface area contributed by atoms with E-state index in [1.54, 1.807) is 33.5 Å². The number of fused-ring (bicyclic) bond motifs is 3. The molecule has 2 aliphatic carbocycles. The van der Waals surface area contributed by atoms with Crippen molar-refractivity contribution in [3.8, 4) is 34.1 Å². The molecule has 0 spiro atoms. The third kappa shape index (κ3) is 5.13. The second-order valence-corrected chi connectivity index (χ2v) is 10.3. The van der Waals surface area contributed by atoms with Gasteiger partial charge in [-0.25, -0.2) is 0 Å². The molecule has 4 rings (SSSR count). The van der Waals surface area contributed by atoms with E-state index in [1.165, 1.54) is 26.4 Å². The van der Waals surface area contributed by atoms with Gasteiger partial charge in [-0.15, -0.1) is 0 Å². The SMILES string of the molecule is COc1c(Br)c2c(c(OC)c1OC)-c1ccc(OC)c(=O)cc1[C@@H](NC(=S)NC1CCCCC1)CC2. The van der Waals surface area contributed by atoms with Crippen LogP contribution in [0.15, 0.2) is 27.5 Å². The number of nitrogens with one attached hydrogen (secondary N) is 2. The van der Waals surface area contributed by atoms with E-state index in [1.807, 2.05) is 6.07 Å². The van der Waals surface area contributed by atoms with Crippen LogP contribution in [0.25, 0.3) is 11.1 Å². The first kappa shape index (κ1) is 26.5. The van der Waals surface area contributed by atoms with Gasteiger partial charge in [-0.3, -0.25) is 4.79 Å². The van der Waals surface area contributed by atoms with Crippen LogP contribution < -0.4 is 35.0 Å². The van der Waals surface area contributed by atoms with Crippen LogP contribution in [0.5, 0.6) is 23.0 Å². The normalized spacial score (nSPS) is 17.2. The highest BCUT2D eigenvalue weighted by molar-refractivity contribution is 9.10. The van der Waals surface area contributed by atoms with Gasteiger partial charge in [0.1, 0.15) is 0 Å². The summed E-state index contributed by atoms with van der Waals surface area (Å²) in [6.07, 6.45) is 7.35. The minimum absolute atomic E-state index is 0.196. The Labute approximate surface area is 226 Å². The predicted octanol–water partition coefficient (Wildman–Crippen LogP) is 5.29. The predicted molar refractivity (Wildman–Crippen MR) is 149 cm³/mol. The van der Waals surface area contributed by atoms with Gasteiger partial charge in [0.05, 0.1) is 39.0 Å². The van der Waals surface area contributed by atoms with E-state index in [0.717, 1.165) is 39.6 Å². The van der Waals surface area contributed by atoms with Crippen LogP contribution in [0, 0.1) is 0 Å². The minimum atomic E-state index is -0.200. The number of benzene rings is 1. The molecule has 1 fully saturated rings. The first-order chi connectivity index (χ1) is 17.4. The largest absolute Gasteiger partial charge is 0.493 e. The van der Waals surface area contributed by atoms with Crippen molar-refractivity contribution >= 4 is 33.3 Å². The lowest BCUT2D eigenvalue weighted by atomic mass is 9.95. The Kier molecular flexibility index (Phi) is 8.62. The van der Waals surface area contributed by atoms with E-state index >= 15 is 0 Å². The number of thiocarbonyl (C=S) groups is 1. The molecule has 2 aliphatic rings. The third-order valence-corrected chi connectivity index (χ3v) is 8.13. The fourth-order valence-electron chi connectivity index (χ4n) is 5.32. The first-order valence-electron chi connectivity index (χ1n) is 12.2. The van der Waals surface area contributed by atoms with E-state index in [0.29, 0.717) is 41.2 Å². The maximum atomic E-state index is 13.1. The zero-order valence-electron chi connectivity index (χ0n) is 21.2. The van der Waals surface area contributed by atoms with E-state index in [9.17, 15) is 4.79 Å². The molecule has 0 unspecified atom stereocenters.